The number of benzene rings is 1. The molecule has 4 heterocycles. The number of carbonyl (C=O) groups is 1. The van der Waals surface area contributed by atoms with Gasteiger partial charge in [0, 0.05) is 42.4 Å². The van der Waals surface area contributed by atoms with Crippen molar-refractivity contribution in [1.82, 2.24) is 29.3 Å². The van der Waals surface area contributed by atoms with E-state index in [1.165, 1.54) is 4.68 Å². The number of anilines is 1. The molecular formula is C26H29N7O2. The van der Waals surface area contributed by atoms with Gasteiger partial charge in [-0.2, -0.15) is 9.78 Å². The number of fused-ring (bicyclic) bond motifs is 2. The molecule has 1 aromatic carbocycles. The highest BCUT2D eigenvalue weighted by molar-refractivity contribution is 6.05. The molecule has 0 unspecified atom stereocenters. The van der Waals surface area contributed by atoms with Gasteiger partial charge in [-0.3, -0.25) is 14.2 Å². The number of amides is 1. The van der Waals surface area contributed by atoms with E-state index >= 15 is 0 Å². The second kappa shape index (κ2) is 9.05. The number of nitrogens with zero attached hydrogens (tertiary/aromatic N) is 6. The highest BCUT2D eigenvalue weighted by Crippen LogP contribution is 2.26. The Morgan fingerprint density at radius 3 is 2.57 bits per heavy atom. The smallest absolute Gasteiger partial charge is 0.261 e. The first kappa shape index (κ1) is 22.9. The maximum Gasteiger partial charge on any atom is 0.261 e. The zero-order valence-corrected chi connectivity index (χ0v) is 20.3. The summed E-state index contributed by atoms with van der Waals surface area (Å²) in [6, 6.07) is 8.62. The third kappa shape index (κ3) is 4.58. The number of nitrogens with one attached hydrogen (secondary N) is 1. The Hall–Kier alpha value is -3.88. The van der Waals surface area contributed by atoms with Crippen LogP contribution < -0.4 is 10.9 Å². The standard InChI is InChI=1S/C26H29N7O2/c1-26(2,3)20-16-22(33(31-20)25-27-12-8-13-28-25)30-23(34)17-10-11-18-19(15-17)29-21-9-6-4-5-7-14-32(21)24(18)35/h8,10-13,15-16H,4-7,9,14H2,1-3H3,(H,30,34). The van der Waals surface area contributed by atoms with Gasteiger partial charge in [0.05, 0.1) is 16.6 Å². The lowest BCUT2D eigenvalue weighted by Gasteiger charge is -2.16. The molecule has 1 aliphatic heterocycles. The quantitative estimate of drug-likeness (QED) is 0.483. The zero-order chi connectivity index (χ0) is 24.6. The molecule has 1 amide bonds. The number of carbonyl (C=O) groups excluding carboxylic acids is 1. The van der Waals surface area contributed by atoms with Crippen LogP contribution in [0, 0.1) is 0 Å². The van der Waals surface area contributed by atoms with Crippen LogP contribution in [0.3, 0.4) is 0 Å². The van der Waals surface area contributed by atoms with E-state index in [9.17, 15) is 9.59 Å². The summed E-state index contributed by atoms with van der Waals surface area (Å²) in [7, 11) is 0. The van der Waals surface area contributed by atoms with Crippen LogP contribution in [0.2, 0.25) is 0 Å². The topological polar surface area (TPSA) is 108 Å². The predicted octanol–water partition coefficient (Wildman–Crippen LogP) is 4.04. The molecule has 35 heavy (non-hydrogen) atoms. The van der Waals surface area contributed by atoms with Gasteiger partial charge in [-0.15, -0.1) is 0 Å². The highest BCUT2D eigenvalue weighted by Gasteiger charge is 2.23. The van der Waals surface area contributed by atoms with Crippen molar-refractivity contribution >= 4 is 22.6 Å². The van der Waals surface area contributed by atoms with Gasteiger partial charge in [0.1, 0.15) is 11.6 Å². The zero-order valence-electron chi connectivity index (χ0n) is 20.3. The molecule has 0 spiro atoms. The Bertz CT molecular complexity index is 1450. The maximum atomic E-state index is 13.3. The molecule has 4 aromatic rings. The molecule has 0 aliphatic carbocycles. The summed E-state index contributed by atoms with van der Waals surface area (Å²) in [5.41, 5.74) is 1.50. The van der Waals surface area contributed by atoms with Crippen LogP contribution in [0.4, 0.5) is 5.82 Å². The lowest BCUT2D eigenvalue weighted by Crippen LogP contribution is -2.26. The minimum absolute atomic E-state index is 0.0343. The third-order valence-electron chi connectivity index (χ3n) is 6.29. The largest absolute Gasteiger partial charge is 0.306 e. The summed E-state index contributed by atoms with van der Waals surface area (Å²) in [6.45, 7) is 6.85. The summed E-state index contributed by atoms with van der Waals surface area (Å²) in [5, 5.41) is 8.12. The van der Waals surface area contributed by atoms with E-state index in [1.807, 2.05) is 6.07 Å². The molecular weight excluding hydrogens is 442 g/mol. The number of aromatic nitrogens is 6. The lowest BCUT2D eigenvalue weighted by atomic mass is 9.92. The van der Waals surface area contributed by atoms with Gasteiger partial charge in [0.15, 0.2) is 0 Å². The number of rotatable bonds is 3. The molecule has 5 rings (SSSR count). The Balaban J connectivity index is 1.51. The van der Waals surface area contributed by atoms with Crippen molar-refractivity contribution in [2.75, 3.05) is 5.32 Å². The summed E-state index contributed by atoms with van der Waals surface area (Å²) in [4.78, 5) is 39.7. The monoisotopic (exact) mass is 471 g/mol. The molecule has 1 aliphatic rings. The van der Waals surface area contributed by atoms with E-state index in [-0.39, 0.29) is 16.9 Å². The van der Waals surface area contributed by atoms with Crippen molar-refractivity contribution in [3.63, 3.8) is 0 Å². The van der Waals surface area contributed by atoms with Crippen LogP contribution in [0.1, 0.15) is 68.3 Å². The van der Waals surface area contributed by atoms with E-state index in [0.29, 0.717) is 34.8 Å². The molecule has 0 atom stereocenters. The fourth-order valence-electron chi connectivity index (χ4n) is 4.31. The summed E-state index contributed by atoms with van der Waals surface area (Å²) in [5.74, 6) is 1.31. The van der Waals surface area contributed by atoms with E-state index in [4.69, 9.17) is 4.98 Å². The van der Waals surface area contributed by atoms with Gasteiger partial charge in [0.25, 0.3) is 17.4 Å². The van der Waals surface area contributed by atoms with Crippen molar-refractivity contribution in [1.29, 1.82) is 0 Å². The molecule has 0 bridgehead atoms. The minimum Gasteiger partial charge on any atom is -0.306 e. The van der Waals surface area contributed by atoms with E-state index < -0.39 is 0 Å². The summed E-state index contributed by atoms with van der Waals surface area (Å²) < 4.78 is 3.33. The molecule has 3 aromatic heterocycles. The molecule has 0 fully saturated rings. The average molecular weight is 472 g/mol. The third-order valence-corrected chi connectivity index (χ3v) is 6.29. The predicted molar refractivity (Wildman–Crippen MR) is 134 cm³/mol. The first-order valence-electron chi connectivity index (χ1n) is 12.0. The van der Waals surface area contributed by atoms with Crippen LogP contribution in [0.25, 0.3) is 16.9 Å². The average Bonchev–Trinajstić information content (AvgIpc) is 3.25. The maximum absolute atomic E-state index is 13.3. The van der Waals surface area contributed by atoms with Crippen molar-refractivity contribution in [3.05, 3.63) is 70.2 Å². The molecule has 180 valence electrons. The van der Waals surface area contributed by atoms with Crippen LogP contribution >= 0.6 is 0 Å². The van der Waals surface area contributed by atoms with Gasteiger partial charge >= 0.3 is 0 Å². The van der Waals surface area contributed by atoms with Gasteiger partial charge in [-0.25, -0.2) is 15.0 Å². The van der Waals surface area contributed by atoms with E-state index in [1.54, 1.807) is 41.2 Å². The number of hydrogen-bond acceptors (Lipinski definition) is 6. The second-order valence-corrected chi connectivity index (χ2v) is 9.96. The van der Waals surface area contributed by atoms with Gasteiger partial charge in [0.2, 0.25) is 0 Å². The first-order valence-corrected chi connectivity index (χ1v) is 12.0. The van der Waals surface area contributed by atoms with Gasteiger partial charge in [-0.05, 0) is 37.1 Å². The normalized spacial score (nSPS) is 14.3. The van der Waals surface area contributed by atoms with Crippen molar-refractivity contribution in [2.24, 2.45) is 0 Å². The van der Waals surface area contributed by atoms with Crippen molar-refractivity contribution < 1.29 is 4.79 Å². The van der Waals surface area contributed by atoms with Crippen LogP contribution in [-0.4, -0.2) is 35.2 Å². The molecule has 9 nitrogen and oxygen atoms in total. The fraction of sp³-hybridized carbons (Fsp3) is 0.385. The van der Waals surface area contributed by atoms with Crippen LogP contribution in [-0.2, 0) is 18.4 Å². The molecule has 0 saturated heterocycles. The Kier molecular flexibility index (Phi) is 5.92. The Morgan fingerprint density at radius 1 is 1.03 bits per heavy atom. The number of hydrogen-bond donors (Lipinski definition) is 1. The van der Waals surface area contributed by atoms with Crippen molar-refractivity contribution in [2.45, 2.75) is 64.8 Å². The summed E-state index contributed by atoms with van der Waals surface area (Å²) in [6.07, 6.45) is 8.30. The van der Waals surface area contributed by atoms with E-state index in [0.717, 1.165) is 43.6 Å². The summed E-state index contributed by atoms with van der Waals surface area (Å²) >= 11 is 0. The Labute approximate surface area is 203 Å². The second-order valence-electron chi connectivity index (χ2n) is 9.96. The Morgan fingerprint density at radius 2 is 1.80 bits per heavy atom. The van der Waals surface area contributed by atoms with Crippen LogP contribution in [0.15, 0.2) is 47.5 Å². The minimum atomic E-state index is -0.321. The first-order chi connectivity index (χ1) is 16.8. The fourth-order valence-corrected chi connectivity index (χ4v) is 4.31. The van der Waals surface area contributed by atoms with Crippen LogP contribution in [0.5, 0.6) is 0 Å². The SMILES string of the molecule is CC(C)(C)c1cc(NC(=O)c2ccc3c(=O)n4c(nc3c2)CCCCCC4)n(-c2ncccn2)n1. The molecule has 0 saturated carbocycles. The highest BCUT2D eigenvalue weighted by atomic mass is 16.2. The van der Waals surface area contributed by atoms with Gasteiger partial charge in [-0.1, -0.05) is 33.6 Å². The molecule has 9 heteroatoms. The molecule has 1 N–H and O–H groups in total. The lowest BCUT2D eigenvalue weighted by molar-refractivity contribution is 0.102. The van der Waals surface area contributed by atoms with E-state index in [2.05, 4.69) is 41.2 Å². The van der Waals surface area contributed by atoms with Gasteiger partial charge < -0.3 is 5.32 Å². The number of aryl methyl sites for hydroxylation is 1. The van der Waals surface area contributed by atoms with Crippen molar-refractivity contribution in [3.8, 4) is 5.95 Å². The molecule has 0 radical (unpaired) electrons.